The van der Waals surface area contributed by atoms with Crippen molar-refractivity contribution in [2.75, 3.05) is 23.8 Å². The summed E-state index contributed by atoms with van der Waals surface area (Å²) in [7, 11) is 0. The first-order chi connectivity index (χ1) is 14.5. The van der Waals surface area contributed by atoms with Crippen molar-refractivity contribution in [2.24, 2.45) is 0 Å². The number of rotatable bonds is 7. The van der Waals surface area contributed by atoms with Gasteiger partial charge in [0.25, 0.3) is 5.91 Å². The van der Waals surface area contributed by atoms with Gasteiger partial charge < -0.3 is 25.4 Å². The van der Waals surface area contributed by atoms with Crippen LogP contribution in [0.25, 0.3) is 0 Å². The molecular formula is C23H29N3O5. The fraction of sp³-hybridized carbons (Fsp3) is 0.348. The van der Waals surface area contributed by atoms with Gasteiger partial charge in [-0.15, -0.1) is 0 Å². The Kier molecular flexibility index (Phi) is 8.01. The third kappa shape index (κ3) is 8.38. The molecule has 31 heavy (non-hydrogen) atoms. The molecule has 0 aromatic heterocycles. The van der Waals surface area contributed by atoms with Crippen molar-refractivity contribution in [3.05, 3.63) is 53.6 Å². The summed E-state index contributed by atoms with van der Waals surface area (Å²) in [5.41, 5.74) is 2.22. The van der Waals surface area contributed by atoms with Crippen LogP contribution in [0.1, 0.15) is 31.9 Å². The van der Waals surface area contributed by atoms with Crippen LogP contribution < -0.4 is 20.7 Å². The summed E-state index contributed by atoms with van der Waals surface area (Å²) in [6, 6.07) is 12.5. The molecular weight excluding hydrogens is 398 g/mol. The van der Waals surface area contributed by atoms with Crippen molar-refractivity contribution in [2.45, 2.75) is 40.2 Å². The molecule has 166 valence electrons. The number of amides is 3. The molecule has 0 atom stereocenters. The molecule has 0 fully saturated rings. The maximum Gasteiger partial charge on any atom is 0.408 e. The zero-order chi connectivity index (χ0) is 23.0. The summed E-state index contributed by atoms with van der Waals surface area (Å²) in [5, 5.41) is 7.77. The first-order valence-corrected chi connectivity index (χ1v) is 9.89. The van der Waals surface area contributed by atoms with Crippen molar-refractivity contribution < 1.29 is 23.9 Å². The minimum Gasteiger partial charge on any atom is -0.483 e. The third-order valence-corrected chi connectivity index (χ3v) is 3.96. The lowest BCUT2D eigenvalue weighted by molar-refractivity contribution is -0.118. The standard InChI is InChI=1S/C23H29N3O5/c1-15-10-11-19(16(2)12-15)30-14-21(28)26-18-9-7-6-8-17(18)25-20(27)13-24-22(29)31-23(3,4)5/h6-12H,13-14H2,1-5H3,(H,24,29)(H,25,27)(H,26,28). The van der Waals surface area contributed by atoms with Crippen LogP contribution in [0, 0.1) is 13.8 Å². The van der Waals surface area contributed by atoms with Crippen molar-refractivity contribution in [3.63, 3.8) is 0 Å². The topological polar surface area (TPSA) is 106 Å². The molecule has 0 radical (unpaired) electrons. The molecule has 0 heterocycles. The van der Waals surface area contributed by atoms with Gasteiger partial charge in [-0.25, -0.2) is 4.79 Å². The van der Waals surface area contributed by atoms with E-state index in [1.807, 2.05) is 32.0 Å². The van der Waals surface area contributed by atoms with E-state index < -0.39 is 17.6 Å². The van der Waals surface area contributed by atoms with Crippen molar-refractivity contribution in [1.29, 1.82) is 0 Å². The summed E-state index contributed by atoms with van der Waals surface area (Å²) in [6.07, 6.45) is -0.687. The van der Waals surface area contributed by atoms with Gasteiger partial charge in [-0.3, -0.25) is 9.59 Å². The Balaban J connectivity index is 1.90. The predicted molar refractivity (Wildman–Crippen MR) is 119 cm³/mol. The number of benzene rings is 2. The molecule has 3 N–H and O–H groups in total. The van der Waals surface area contributed by atoms with Crippen molar-refractivity contribution in [1.82, 2.24) is 5.32 Å². The molecule has 0 bridgehead atoms. The fourth-order valence-corrected chi connectivity index (χ4v) is 2.65. The Morgan fingerprint density at radius 1 is 0.903 bits per heavy atom. The molecule has 0 aliphatic heterocycles. The SMILES string of the molecule is Cc1ccc(OCC(=O)Nc2ccccc2NC(=O)CNC(=O)OC(C)(C)C)c(C)c1. The largest absolute Gasteiger partial charge is 0.483 e. The predicted octanol–water partition coefficient (Wildman–Crippen LogP) is 3.78. The van der Waals surface area contributed by atoms with Crippen LogP contribution in [0.5, 0.6) is 5.75 Å². The number of carbonyl (C=O) groups excluding carboxylic acids is 3. The van der Waals surface area contributed by atoms with Gasteiger partial charge in [-0.1, -0.05) is 29.8 Å². The van der Waals surface area contributed by atoms with Crippen LogP contribution in [-0.2, 0) is 14.3 Å². The molecule has 0 saturated heterocycles. The van der Waals surface area contributed by atoms with E-state index in [4.69, 9.17) is 9.47 Å². The summed E-state index contributed by atoms with van der Waals surface area (Å²) in [6.45, 7) is 8.65. The second-order valence-electron chi connectivity index (χ2n) is 8.06. The summed E-state index contributed by atoms with van der Waals surface area (Å²) in [4.78, 5) is 36.2. The van der Waals surface area contributed by atoms with E-state index in [0.717, 1.165) is 11.1 Å². The van der Waals surface area contributed by atoms with Gasteiger partial charge in [0.2, 0.25) is 5.91 Å². The molecule has 0 saturated carbocycles. The number of hydrogen-bond acceptors (Lipinski definition) is 5. The number of alkyl carbamates (subject to hydrolysis) is 1. The second kappa shape index (κ2) is 10.5. The summed E-state index contributed by atoms with van der Waals surface area (Å²) >= 11 is 0. The monoisotopic (exact) mass is 427 g/mol. The molecule has 0 spiro atoms. The van der Waals surface area contributed by atoms with Crippen molar-refractivity contribution in [3.8, 4) is 5.75 Å². The fourth-order valence-electron chi connectivity index (χ4n) is 2.65. The second-order valence-corrected chi connectivity index (χ2v) is 8.06. The Hall–Kier alpha value is -3.55. The summed E-state index contributed by atoms with van der Waals surface area (Å²) in [5.74, 6) is -0.191. The van der Waals surface area contributed by atoms with E-state index in [9.17, 15) is 14.4 Å². The van der Waals surface area contributed by atoms with Crippen LogP contribution in [0.2, 0.25) is 0 Å². The number of nitrogens with one attached hydrogen (secondary N) is 3. The summed E-state index contributed by atoms with van der Waals surface area (Å²) < 4.78 is 10.7. The number of ether oxygens (including phenoxy) is 2. The smallest absolute Gasteiger partial charge is 0.408 e. The van der Waals surface area contributed by atoms with Gasteiger partial charge in [0.15, 0.2) is 6.61 Å². The first-order valence-electron chi connectivity index (χ1n) is 9.89. The third-order valence-electron chi connectivity index (χ3n) is 3.96. The number of hydrogen-bond donors (Lipinski definition) is 3. The number of anilines is 2. The average molecular weight is 428 g/mol. The quantitative estimate of drug-likeness (QED) is 0.624. The highest BCUT2D eigenvalue weighted by Gasteiger charge is 2.17. The van der Waals surface area contributed by atoms with Crippen LogP contribution >= 0.6 is 0 Å². The molecule has 2 aromatic carbocycles. The Morgan fingerprint density at radius 2 is 1.52 bits per heavy atom. The van der Waals surface area contributed by atoms with Gasteiger partial charge in [0, 0.05) is 0 Å². The van der Waals surface area contributed by atoms with Crippen molar-refractivity contribution >= 4 is 29.3 Å². The van der Waals surface area contributed by atoms with E-state index in [2.05, 4.69) is 16.0 Å². The number of carbonyl (C=O) groups is 3. The number of para-hydroxylation sites is 2. The van der Waals surface area contributed by atoms with Gasteiger partial charge in [0.1, 0.15) is 17.9 Å². The zero-order valence-corrected chi connectivity index (χ0v) is 18.5. The number of aryl methyl sites for hydroxylation is 2. The molecule has 0 aliphatic rings. The van der Waals surface area contributed by atoms with Gasteiger partial charge in [-0.2, -0.15) is 0 Å². The molecule has 2 rings (SSSR count). The molecule has 8 heteroatoms. The van der Waals surface area contributed by atoms with Gasteiger partial charge >= 0.3 is 6.09 Å². The Morgan fingerprint density at radius 3 is 2.10 bits per heavy atom. The Bertz CT molecular complexity index is 950. The maximum atomic E-state index is 12.3. The lowest BCUT2D eigenvalue weighted by Gasteiger charge is -2.19. The minimum atomic E-state index is -0.687. The van der Waals surface area contributed by atoms with E-state index in [0.29, 0.717) is 17.1 Å². The molecule has 0 unspecified atom stereocenters. The van der Waals surface area contributed by atoms with Crippen LogP contribution in [0.4, 0.5) is 16.2 Å². The van der Waals surface area contributed by atoms with Crippen LogP contribution in [0.15, 0.2) is 42.5 Å². The lowest BCUT2D eigenvalue weighted by Crippen LogP contribution is -2.37. The molecule has 8 nitrogen and oxygen atoms in total. The minimum absolute atomic E-state index is 0.174. The van der Waals surface area contributed by atoms with Crippen LogP contribution in [0.3, 0.4) is 0 Å². The lowest BCUT2D eigenvalue weighted by atomic mass is 10.1. The van der Waals surface area contributed by atoms with Gasteiger partial charge in [-0.05, 0) is 58.4 Å². The average Bonchev–Trinajstić information content (AvgIpc) is 2.66. The highest BCUT2D eigenvalue weighted by atomic mass is 16.6. The van der Waals surface area contributed by atoms with Crippen LogP contribution in [-0.4, -0.2) is 36.7 Å². The highest BCUT2D eigenvalue weighted by Crippen LogP contribution is 2.22. The molecule has 2 aromatic rings. The van der Waals surface area contributed by atoms with E-state index >= 15 is 0 Å². The Labute approximate surface area is 182 Å². The zero-order valence-electron chi connectivity index (χ0n) is 18.5. The molecule has 3 amide bonds. The van der Waals surface area contributed by atoms with E-state index in [1.54, 1.807) is 45.0 Å². The molecule has 0 aliphatic carbocycles. The maximum absolute atomic E-state index is 12.3. The van der Waals surface area contributed by atoms with Gasteiger partial charge in [0.05, 0.1) is 11.4 Å². The highest BCUT2D eigenvalue weighted by molar-refractivity contribution is 6.01. The van der Waals surface area contributed by atoms with E-state index in [-0.39, 0.29) is 19.1 Å². The first kappa shape index (κ1) is 23.7. The van der Waals surface area contributed by atoms with E-state index in [1.165, 1.54) is 0 Å². The normalized spacial score (nSPS) is 10.7.